The number of piperidine rings is 1. The molecule has 2 atom stereocenters. The Morgan fingerprint density at radius 3 is 2.66 bits per heavy atom. The summed E-state index contributed by atoms with van der Waals surface area (Å²) in [6.45, 7) is 9.05. The number of aryl methyl sites for hydroxylation is 1. The summed E-state index contributed by atoms with van der Waals surface area (Å²) in [5.74, 6) is -2.76. The zero-order chi connectivity index (χ0) is 31.9. The molecule has 2 amide bonds. The maximum Gasteiger partial charge on any atom is 0.260 e. The van der Waals surface area contributed by atoms with Crippen molar-refractivity contribution in [1.82, 2.24) is 30.5 Å². The molecule has 236 valence electrons. The highest BCUT2D eigenvalue weighted by atomic mass is 35.5. The van der Waals surface area contributed by atoms with Gasteiger partial charge in [-0.25, -0.2) is 13.8 Å². The van der Waals surface area contributed by atoms with Crippen LogP contribution in [0.2, 0.25) is 5.15 Å². The van der Waals surface area contributed by atoms with Gasteiger partial charge in [-0.05, 0) is 39.3 Å². The van der Waals surface area contributed by atoms with E-state index in [4.69, 9.17) is 22.1 Å². The first kappa shape index (κ1) is 31.6. The van der Waals surface area contributed by atoms with Gasteiger partial charge >= 0.3 is 0 Å². The fraction of sp³-hybridized carbons (Fsp3) is 0.500. The number of hydrogen-bond donors (Lipinski definition) is 3. The molecule has 11 nitrogen and oxygen atoms in total. The first-order chi connectivity index (χ1) is 20.8. The van der Waals surface area contributed by atoms with Crippen LogP contribution in [0.15, 0.2) is 23.5 Å². The number of carbonyl (C=O) groups excluding carboxylic acids is 2. The van der Waals surface area contributed by atoms with Crippen LogP contribution in [0.1, 0.15) is 49.1 Å². The van der Waals surface area contributed by atoms with Crippen LogP contribution in [-0.4, -0.2) is 76.9 Å². The van der Waals surface area contributed by atoms with E-state index < -0.39 is 11.8 Å². The van der Waals surface area contributed by atoms with Crippen molar-refractivity contribution in [3.8, 4) is 5.75 Å². The summed E-state index contributed by atoms with van der Waals surface area (Å²) in [6.07, 6.45) is 3.03. The van der Waals surface area contributed by atoms with Gasteiger partial charge < -0.3 is 26.0 Å². The number of nitrogens with two attached hydrogens (primary N) is 1. The van der Waals surface area contributed by atoms with E-state index in [1.54, 1.807) is 19.4 Å². The number of aromatic nitrogens is 3. The normalized spacial score (nSPS) is 22.4. The van der Waals surface area contributed by atoms with Crippen LogP contribution in [0.5, 0.6) is 5.75 Å². The van der Waals surface area contributed by atoms with E-state index in [1.807, 2.05) is 32.6 Å². The van der Waals surface area contributed by atoms with Gasteiger partial charge in [-0.15, -0.1) is 0 Å². The maximum atomic E-state index is 13.9. The fourth-order valence-electron chi connectivity index (χ4n) is 6.13. The standard InChI is InChI=1S/C30H37ClF2N8O3/c1-15-13-36-21(17(3)24(15)44-5)14-41-26-23(25(31)38-29(34)39-26)19(28(41)43)12-20-16(2)22(18(4)37-20)27(42)35-8-11-40-9-6-30(32,33)7-10-40/h12-13,18,22,37H,6-11,14H2,1-5H3,(H,35,42)(H2,34,38,39)/b19-12-. The average Bonchev–Trinajstić information content (AvgIpc) is 3.38. The number of alkyl halides is 2. The number of anilines is 2. The monoisotopic (exact) mass is 630 g/mol. The number of ether oxygens (including phenoxy) is 1. The SMILES string of the molecule is COc1c(C)cnc(CN2C(=O)/C(=C\C3=C(C)C(C(=O)NCCN4CCC(F)(F)CC4)C(C)N3)c3c(Cl)nc(N)nc32)c1C. The van der Waals surface area contributed by atoms with Gasteiger partial charge in [-0.2, -0.15) is 4.98 Å². The Morgan fingerprint density at radius 1 is 1.27 bits per heavy atom. The second-order valence-corrected chi connectivity index (χ2v) is 11.9. The molecule has 4 N–H and O–H groups in total. The second kappa shape index (κ2) is 12.3. The number of rotatable bonds is 8. The molecule has 1 fully saturated rings. The van der Waals surface area contributed by atoms with E-state index in [2.05, 4.69) is 25.6 Å². The van der Waals surface area contributed by atoms with Crippen LogP contribution < -0.4 is 26.0 Å². The molecule has 14 heteroatoms. The highest BCUT2D eigenvalue weighted by Gasteiger charge is 2.40. The van der Waals surface area contributed by atoms with Crippen LogP contribution >= 0.6 is 11.6 Å². The van der Waals surface area contributed by atoms with E-state index in [0.29, 0.717) is 48.9 Å². The van der Waals surface area contributed by atoms with Crippen LogP contribution in [0.3, 0.4) is 0 Å². The van der Waals surface area contributed by atoms with Crippen molar-refractivity contribution >= 4 is 40.8 Å². The Morgan fingerprint density at radius 2 is 1.98 bits per heavy atom. The third-order valence-electron chi connectivity index (χ3n) is 8.58. The number of likely N-dealkylation sites (tertiary alicyclic amines) is 1. The van der Waals surface area contributed by atoms with E-state index in [1.165, 1.54) is 4.90 Å². The summed E-state index contributed by atoms with van der Waals surface area (Å²) < 4.78 is 32.5. The molecule has 2 aromatic rings. The predicted molar refractivity (Wildman–Crippen MR) is 163 cm³/mol. The first-order valence-electron chi connectivity index (χ1n) is 14.5. The van der Waals surface area contributed by atoms with E-state index in [-0.39, 0.29) is 59.7 Å². The molecule has 44 heavy (non-hydrogen) atoms. The van der Waals surface area contributed by atoms with Gasteiger partial charge in [0.05, 0.1) is 36.4 Å². The number of nitrogens with zero attached hydrogens (tertiary/aromatic N) is 5. The highest BCUT2D eigenvalue weighted by molar-refractivity contribution is 6.39. The minimum Gasteiger partial charge on any atom is -0.496 e. The Hall–Kier alpha value is -3.84. The molecule has 5 heterocycles. The lowest BCUT2D eigenvalue weighted by atomic mass is 9.95. The summed E-state index contributed by atoms with van der Waals surface area (Å²) in [5.41, 5.74) is 10.2. The molecular weight excluding hydrogens is 594 g/mol. The van der Waals surface area contributed by atoms with Gasteiger partial charge in [-0.1, -0.05) is 11.6 Å². The molecule has 2 aromatic heterocycles. The predicted octanol–water partition coefficient (Wildman–Crippen LogP) is 3.39. The number of amides is 2. The van der Waals surface area contributed by atoms with Crippen molar-refractivity contribution in [2.45, 2.75) is 59.0 Å². The van der Waals surface area contributed by atoms with Crippen molar-refractivity contribution < 1.29 is 23.1 Å². The second-order valence-electron chi connectivity index (χ2n) is 11.6. The first-order valence-corrected chi connectivity index (χ1v) is 14.9. The van der Waals surface area contributed by atoms with E-state index in [0.717, 1.165) is 16.7 Å². The molecule has 5 rings (SSSR count). The highest BCUT2D eigenvalue weighted by Crippen LogP contribution is 2.42. The van der Waals surface area contributed by atoms with E-state index in [9.17, 15) is 18.4 Å². The van der Waals surface area contributed by atoms with Crippen molar-refractivity contribution in [3.05, 3.63) is 51.1 Å². The third-order valence-corrected chi connectivity index (χ3v) is 8.86. The van der Waals surface area contributed by atoms with Gasteiger partial charge in [0.15, 0.2) is 5.82 Å². The Labute approximate surface area is 259 Å². The number of halogens is 3. The van der Waals surface area contributed by atoms with Crippen LogP contribution in [0.25, 0.3) is 5.57 Å². The minimum atomic E-state index is -2.61. The average molecular weight is 631 g/mol. The van der Waals surface area contributed by atoms with Gasteiger partial charge in [0.1, 0.15) is 10.9 Å². The van der Waals surface area contributed by atoms with Gasteiger partial charge in [0.25, 0.3) is 11.8 Å². The van der Waals surface area contributed by atoms with Crippen molar-refractivity contribution in [2.75, 3.05) is 43.9 Å². The summed E-state index contributed by atoms with van der Waals surface area (Å²) in [4.78, 5) is 43.5. The molecule has 0 aliphatic carbocycles. The number of nitrogens with one attached hydrogen (secondary N) is 2. The Bertz CT molecular complexity index is 1550. The topological polar surface area (TPSA) is 139 Å². The number of pyridine rings is 1. The van der Waals surface area contributed by atoms with Crippen LogP contribution in [-0.2, 0) is 16.1 Å². The lowest BCUT2D eigenvalue weighted by Gasteiger charge is -2.31. The van der Waals surface area contributed by atoms with Crippen LogP contribution in [0, 0.1) is 19.8 Å². The quantitative estimate of drug-likeness (QED) is 0.296. The van der Waals surface area contributed by atoms with E-state index >= 15 is 0 Å². The number of allylic oxidation sites excluding steroid dienone is 1. The summed E-state index contributed by atoms with van der Waals surface area (Å²) >= 11 is 6.54. The van der Waals surface area contributed by atoms with Gasteiger partial charge in [-0.3, -0.25) is 19.5 Å². The smallest absolute Gasteiger partial charge is 0.260 e. The number of nitrogen functional groups attached to an aromatic ring is 1. The summed E-state index contributed by atoms with van der Waals surface area (Å²) in [5, 5.41) is 6.31. The maximum absolute atomic E-state index is 13.9. The lowest BCUT2D eigenvalue weighted by molar-refractivity contribution is -0.124. The van der Waals surface area contributed by atoms with Crippen LogP contribution in [0.4, 0.5) is 20.5 Å². The lowest BCUT2D eigenvalue weighted by Crippen LogP contribution is -2.45. The molecule has 0 radical (unpaired) electrons. The molecule has 0 spiro atoms. The van der Waals surface area contributed by atoms with Gasteiger partial charge in [0, 0.05) is 68.1 Å². The largest absolute Gasteiger partial charge is 0.496 e. The molecule has 0 aromatic carbocycles. The minimum absolute atomic E-state index is 0.0369. The molecule has 0 saturated carbocycles. The number of fused-ring (bicyclic) bond motifs is 1. The molecule has 2 unspecified atom stereocenters. The summed E-state index contributed by atoms with van der Waals surface area (Å²) in [7, 11) is 1.58. The zero-order valence-corrected chi connectivity index (χ0v) is 26.2. The van der Waals surface area contributed by atoms with Crippen molar-refractivity contribution in [3.63, 3.8) is 0 Å². The molecular formula is C30H37ClF2N8O3. The van der Waals surface area contributed by atoms with Crippen molar-refractivity contribution in [2.24, 2.45) is 5.92 Å². The van der Waals surface area contributed by atoms with Gasteiger partial charge in [0.2, 0.25) is 11.9 Å². The Balaban J connectivity index is 1.38. The molecule has 3 aliphatic rings. The molecule has 0 bridgehead atoms. The third kappa shape index (κ3) is 6.07. The van der Waals surface area contributed by atoms with Crippen molar-refractivity contribution in [1.29, 1.82) is 0 Å². The Kier molecular flexibility index (Phi) is 8.81. The molecule has 1 saturated heterocycles. The molecule has 3 aliphatic heterocycles. The number of carbonyl (C=O) groups is 2. The number of methoxy groups -OCH3 is 1. The summed E-state index contributed by atoms with van der Waals surface area (Å²) in [6, 6.07) is -0.257. The zero-order valence-electron chi connectivity index (χ0n) is 25.4. The fourth-order valence-corrected chi connectivity index (χ4v) is 6.41. The number of hydrogen-bond acceptors (Lipinski definition) is 9.